The molecule has 0 spiro atoms. The van der Waals surface area contributed by atoms with Crippen molar-refractivity contribution < 1.29 is 10.2 Å². The Morgan fingerprint density at radius 3 is 2.88 bits per heavy atom. The summed E-state index contributed by atoms with van der Waals surface area (Å²) in [5.41, 5.74) is 1.94. The first-order valence-corrected chi connectivity index (χ1v) is 5.21. The van der Waals surface area contributed by atoms with Crippen LogP contribution in [-0.4, -0.2) is 38.9 Å². The molecule has 0 bridgehead atoms. The summed E-state index contributed by atoms with van der Waals surface area (Å²) in [6.45, 7) is 0.437. The molecule has 0 fully saturated rings. The Bertz CT molecular complexity index is 451. The molecule has 0 saturated heterocycles. The van der Waals surface area contributed by atoms with Crippen molar-refractivity contribution in [1.29, 1.82) is 0 Å². The molecule has 86 valence electrons. The predicted octanol–water partition coefficient (Wildman–Crippen LogP) is -0.223. The highest BCUT2D eigenvalue weighted by Gasteiger charge is 2.06. The number of nitrogens with one attached hydrogen (secondary N) is 1. The second-order valence-corrected chi connectivity index (χ2v) is 3.62. The maximum atomic E-state index is 8.94. The summed E-state index contributed by atoms with van der Waals surface area (Å²) in [4.78, 5) is 4.18. The fourth-order valence-corrected chi connectivity index (χ4v) is 1.59. The van der Waals surface area contributed by atoms with Crippen LogP contribution < -0.4 is 5.32 Å². The number of aliphatic hydroxyl groups is 2. The van der Waals surface area contributed by atoms with Crippen LogP contribution in [0.25, 0.3) is 5.65 Å². The van der Waals surface area contributed by atoms with Crippen molar-refractivity contribution in [3.8, 4) is 0 Å². The van der Waals surface area contributed by atoms with Gasteiger partial charge in [-0.1, -0.05) is 6.07 Å². The minimum absolute atomic E-state index is 0.0730. The zero-order valence-corrected chi connectivity index (χ0v) is 8.87. The molecule has 0 aromatic carbocycles. The standard InChI is InChI=1S/C11H15N3O2/c15-7-9(8-16)13-6-10-2-1-3-11-12-4-5-14(10)11/h1-5,9,13,15-16H,6-8H2. The Labute approximate surface area is 93.4 Å². The van der Waals surface area contributed by atoms with Gasteiger partial charge in [0.05, 0.1) is 19.3 Å². The number of pyridine rings is 1. The highest BCUT2D eigenvalue weighted by atomic mass is 16.3. The summed E-state index contributed by atoms with van der Waals surface area (Å²) in [6, 6.07) is 5.57. The zero-order valence-electron chi connectivity index (χ0n) is 8.87. The molecule has 0 aliphatic heterocycles. The summed E-state index contributed by atoms with van der Waals surface area (Å²) in [5, 5.41) is 20.9. The van der Waals surface area contributed by atoms with Crippen molar-refractivity contribution in [1.82, 2.24) is 14.7 Å². The van der Waals surface area contributed by atoms with E-state index in [2.05, 4.69) is 10.3 Å². The van der Waals surface area contributed by atoms with Gasteiger partial charge in [-0.25, -0.2) is 4.98 Å². The first-order valence-electron chi connectivity index (χ1n) is 5.21. The molecule has 2 aromatic rings. The van der Waals surface area contributed by atoms with Crippen molar-refractivity contribution in [2.45, 2.75) is 12.6 Å². The highest BCUT2D eigenvalue weighted by Crippen LogP contribution is 2.05. The van der Waals surface area contributed by atoms with Gasteiger partial charge in [-0.15, -0.1) is 0 Å². The smallest absolute Gasteiger partial charge is 0.136 e. The van der Waals surface area contributed by atoms with Gasteiger partial charge in [0.15, 0.2) is 0 Å². The number of hydrogen-bond donors (Lipinski definition) is 3. The van der Waals surface area contributed by atoms with Crippen LogP contribution in [0.3, 0.4) is 0 Å². The lowest BCUT2D eigenvalue weighted by Crippen LogP contribution is -2.35. The van der Waals surface area contributed by atoms with Crippen LogP contribution >= 0.6 is 0 Å². The van der Waals surface area contributed by atoms with E-state index >= 15 is 0 Å². The van der Waals surface area contributed by atoms with Crippen LogP contribution in [0.15, 0.2) is 30.6 Å². The van der Waals surface area contributed by atoms with Gasteiger partial charge in [0.2, 0.25) is 0 Å². The van der Waals surface area contributed by atoms with Crippen molar-refractivity contribution in [2.24, 2.45) is 0 Å². The number of hydrogen-bond acceptors (Lipinski definition) is 4. The largest absolute Gasteiger partial charge is 0.395 e. The molecule has 2 rings (SSSR count). The summed E-state index contributed by atoms with van der Waals surface area (Å²) >= 11 is 0. The molecular weight excluding hydrogens is 206 g/mol. The second-order valence-electron chi connectivity index (χ2n) is 3.62. The van der Waals surface area contributed by atoms with E-state index in [1.165, 1.54) is 0 Å². The third-order valence-corrected chi connectivity index (χ3v) is 2.53. The number of rotatable bonds is 5. The zero-order chi connectivity index (χ0) is 11.4. The van der Waals surface area contributed by atoms with Crippen molar-refractivity contribution in [3.05, 3.63) is 36.3 Å². The van der Waals surface area contributed by atoms with Gasteiger partial charge in [-0.2, -0.15) is 0 Å². The lowest BCUT2D eigenvalue weighted by Gasteiger charge is -2.13. The molecule has 2 heterocycles. The van der Waals surface area contributed by atoms with E-state index in [1.54, 1.807) is 6.20 Å². The van der Waals surface area contributed by atoms with Crippen LogP contribution in [0.4, 0.5) is 0 Å². The molecule has 0 radical (unpaired) electrons. The number of aliphatic hydroxyl groups excluding tert-OH is 2. The molecule has 16 heavy (non-hydrogen) atoms. The highest BCUT2D eigenvalue weighted by molar-refractivity contribution is 5.39. The molecule has 0 amide bonds. The summed E-state index contributed by atoms with van der Waals surface area (Å²) in [5.74, 6) is 0. The van der Waals surface area contributed by atoms with E-state index in [1.807, 2.05) is 28.8 Å². The van der Waals surface area contributed by atoms with Gasteiger partial charge in [-0.05, 0) is 12.1 Å². The number of fused-ring (bicyclic) bond motifs is 1. The van der Waals surface area contributed by atoms with E-state index in [-0.39, 0.29) is 19.3 Å². The van der Waals surface area contributed by atoms with E-state index in [0.717, 1.165) is 11.3 Å². The molecule has 0 saturated carbocycles. The second kappa shape index (κ2) is 5.07. The first kappa shape index (κ1) is 11.1. The fourth-order valence-electron chi connectivity index (χ4n) is 1.59. The number of nitrogens with zero attached hydrogens (tertiary/aromatic N) is 2. The Kier molecular flexibility index (Phi) is 3.51. The molecule has 0 unspecified atom stereocenters. The van der Waals surface area contributed by atoms with Crippen LogP contribution in [0.5, 0.6) is 0 Å². The lowest BCUT2D eigenvalue weighted by atomic mass is 10.3. The average Bonchev–Trinajstić information content (AvgIpc) is 2.79. The average molecular weight is 221 g/mol. The van der Waals surface area contributed by atoms with E-state index in [4.69, 9.17) is 10.2 Å². The Balaban J connectivity index is 2.11. The Morgan fingerprint density at radius 2 is 2.12 bits per heavy atom. The van der Waals surface area contributed by atoms with Gasteiger partial charge < -0.3 is 19.9 Å². The third-order valence-electron chi connectivity index (χ3n) is 2.53. The topological polar surface area (TPSA) is 69.8 Å². The fraction of sp³-hybridized carbons (Fsp3) is 0.364. The van der Waals surface area contributed by atoms with Gasteiger partial charge in [0.1, 0.15) is 5.65 Å². The minimum Gasteiger partial charge on any atom is -0.395 e. The van der Waals surface area contributed by atoms with E-state index < -0.39 is 0 Å². The predicted molar refractivity (Wildman–Crippen MR) is 60.0 cm³/mol. The van der Waals surface area contributed by atoms with E-state index in [0.29, 0.717) is 6.54 Å². The Hall–Kier alpha value is -1.43. The van der Waals surface area contributed by atoms with Crippen LogP contribution in [0.1, 0.15) is 5.69 Å². The lowest BCUT2D eigenvalue weighted by molar-refractivity contribution is 0.170. The summed E-state index contributed by atoms with van der Waals surface area (Å²) in [6.07, 6.45) is 3.63. The normalized spacial score (nSPS) is 11.4. The van der Waals surface area contributed by atoms with Crippen molar-refractivity contribution in [2.75, 3.05) is 13.2 Å². The molecule has 0 aliphatic carbocycles. The SMILES string of the molecule is OCC(CO)NCc1cccc2nccn12. The van der Waals surface area contributed by atoms with Crippen LogP contribution in [0.2, 0.25) is 0 Å². The molecule has 3 N–H and O–H groups in total. The maximum Gasteiger partial charge on any atom is 0.136 e. The molecule has 5 nitrogen and oxygen atoms in total. The number of imidazole rings is 1. The first-order chi connectivity index (χ1) is 7.85. The molecule has 2 aromatic heterocycles. The monoisotopic (exact) mass is 221 g/mol. The van der Waals surface area contributed by atoms with Crippen molar-refractivity contribution in [3.63, 3.8) is 0 Å². The molecule has 5 heteroatoms. The van der Waals surface area contributed by atoms with Crippen LogP contribution in [-0.2, 0) is 6.54 Å². The number of aromatic nitrogens is 2. The van der Waals surface area contributed by atoms with Gasteiger partial charge in [0.25, 0.3) is 0 Å². The molecule has 0 atom stereocenters. The molecule has 0 aliphatic rings. The van der Waals surface area contributed by atoms with Crippen molar-refractivity contribution >= 4 is 5.65 Å². The van der Waals surface area contributed by atoms with Gasteiger partial charge in [-0.3, -0.25) is 0 Å². The van der Waals surface area contributed by atoms with Gasteiger partial charge >= 0.3 is 0 Å². The quantitative estimate of drug-likeness (QED) is 0.652. The third kappa shape index (κ3) is 2.21. The van der Waals surface area contributed by atoms with Gasteiger partial charge in [0, 0.05) is 24.6 Å². The summed E-state index contributed by atoms with van der Waals surface area (Å²) in [7, 11) is 0. The summed E-state index contributed by atoms with van der Waals surface area (Å²) < 4.78 is 1.97. The van der Waals surface area contributed by atoms with E-state index in [9.17, 15) is 0 Å². The Morgan fingerprint density at radius 1 is 1.31 bits per heavy atom. The minimum atomic E-state index is -0.279. The maximum absolute atomic E-state index is 8.94. The van der Waals surface area contributed by atoms with Crippen LogP contribution in [0, 0.1) is 0 Å². The molecular formula is C11H15N3O2.